The topological polar surface area (TPSA) is 34.9 Å². The minimum absolute atomic E-state index is 0.132. The van der Waals surface area contributed by atoms with Crippen molar-refractivity contribution in [1.82, 2.24) is 9.55 Å². The second-order valence-electron chi connectivity index (χ2n) is 5.00. The van der Waals surface area contributed by atoms with Crippen LogP contribution in [-0.2, 0) is 13.0 Å². The van der Waals surface area contributed by atoms with Crippen LogP contribution >= 0.6 is 23.2 Å². The van der Waals surface area contributed by atoms with Crippen LogP contribution in [-0.4, -0.2) is 9.55 Å². The van der Waals surface area contributed by atoms with E-state index in [4.69, 9.17) is 23.2 Å². The van der Waals surface area contributed by atoms with Crippen LogP contribution in [0.1, 0.15) is 18.3 Å². The van der Waals surface area contributed by atoms with Crippen molar-refractivity contribution in [2.24, 2.45) is 0 Å². The zero-order valence-corrected chi connectivity index (χ0v) is 13.5. The fourth-order valence-electron chi connectivity index (χ4n) is 2.50. The van der Waals surface area contributed by atoms with Crippen LogP contribution in [0.5, 0.6) is 0 Å². The molecule has 0 saturated carbocycles. The predicted molar refractivity (Wildman–Crippen MR) is 90.9 cm³/mol. The van der Waals surface area contributed by atoms with Gasteiger partial charge in [-0.15, -0.1) is 0 Å². The van der Waals surface area contributed by atoms with E-state index in [1.54, 1.807) is 16.7 Å². The van der Waals surface area contributed by atoms with Crippen LogP contribution in [0.4, 0.5) is 0 Å². The summed E-state index contributed by atoms with van der Waals surface area (Å²) in [6.45, 7) is 2.36. The second-order valence-corrected chi connectivity index (χ2v) is 5.81. The number of aryl methyl sites for hydroxylation is 1. The Bertz CT molecular complexity index is 903. The first kappa shape index (κ1) is 15.1. The standard InChI is InChI=1S/C17H14Cl2N2O/c1-2-15-20-14-9-5-8-13(19)16(14)17(22)21(15)10-11-6-3-4-7-12(11)18/h3-9H,2,10H2,1H3. The minimum Gasteiger partial charge on any atom is -0.292 e. The van der Waals surface area contributed by atoms with Crippen molar-refractivity contribution in [2.45, 2.75) is 19.9 Å². The van der Waals surface area contributed by atoms with Crippen molar-refractivity contribution in [1.29, 1.82) is 0 Å². The van der Waals surface area contributed by atoms with Gasteiger partial charge in [-0.2, -0.15) is 0 Å². The second kappa shape index (κ2) is 6.11. The van der Waals surface area contributed by atoms with E-state index in [0.717, 1.165) is 11.4 Å². The van der Waals surface area contributed by atoms with Gasteiger partial charge < -0.3 is 0 Å². The molecule has 0 spiro atoms. The summed E-state index contributed by atoms with van der Waals surface area (Å²) < 4.78 is 1.65. The van der Waals surface area contributed by atoms with Crippen LogP contribution in [0.15, 0.2) is 47.3 Å². The SMILES string of the molecule is CCc1nc2cccc(Cl)c2c(=O)n1Cc1ccccc1Cl. The van der Waals surface area contributed by atoms with Gasteiger partial charge in [0.2, 0.25) is 0 Å². The molecule has 0 unspecified atom stereocenters. The summed E-state index contributed by atoms with van der Waals surface area (Å²) in [5.41, 5.74) is 1.38. The van der Waals surface area contributed by atoms with E-state index in [1.807, 2.05) is 37.3 Å². The van der Waals surface area contributed by atoms with Gasteiger partial charge in [-0.05, 0) is 23.8 Å². The lowest BCUT2D eigenvalue weighted by molar-refractivity contribution is 0.686. The monoisotopic (exact) mass is 332 g/mol. The average Bonchev–Trinajstić information content (AvgIpc) is 2.51. The molecule has 0 saturated heterocycles. The highest BCUT2D eigenvalue weighted by Gasteiger charge is 2.13. The highest BCUT2D eigenvalue weighted by atomic mass is 35.5. The maximum Gasteiger partial charge on any atom is 0.263 e. The molecule has 3 rings (SSSR count). The van der Waals surface area contributed by atoms with Gasteiger partial charge in [0.15, 0.2) is 0 Å². The molecule has 112 valence electrons. The van der Waals surface area contributed by atoms with Gasteiger partial charge in [0.25, 0.3) is 5.56 Å². The Morgan fingerprint density at radius 2 is 1.77 bits per heavy atom. The van der Waals surface area contributed by atoms with E-state index in [2.05, 4.69) is 4.98 Å². The molecule has 22 heavy (non-hydrogen) atoms. The number of nitrogens with zero attached hydrogens (tertiary/aromatic N) is 2. The summed E-state index contributed by atoms with van der Waals surface area (Å²) in [7, 11) is 0. The first-order chi connectivity index (χ1) is 10.6. The molecule has 0 amide bonds. The Hall–Kier alpha value is -1.84. The van der Waals surface area contributed by atoms with Crippen LogP contribution < -0.4 is 5.56 Å². The Balaban J connectivity index is 2.24. The zero-order valence-electron chi connectivity index (χ0n) is 12.0. The Labute approximate surface area is 138 Å². The number of hydrogen-bond acceptors (Lipinski definition) is 2. The molecule has 5 heteroatoms. The number of hydrogen-bond donors (Lipinski definition) is 0. The number of benzene rings is 2. The molecule has 2 aromatic carbocycles. The summed E-state index contributed by atoms with van der Waals surface area (Å²) in [5.74, 6) is 0.722. The van der Waals surface area contributed by atoms with Crippen molar-refractivity contribution >= 4 is 34.1 Å². The summed E-state index contributed by atoms with van der Waals surface area (Å²) in [6.07, 6.45) is 0.655. The summed E-state index contributed by atoms with van der Waals surface area (Å²) in [5, 5.41) is 1.51. The molecule has 0 N–H and O–H groups in total. The van der Waals surface area contributed by atoms with E-state index < -0.39 is 0 Å². The van der Waals surface area contributed by atoms with Gasteiger partial charge in [-0.3, -0.25) is 9.36 Å². The third kappa shape index (κ3) is 2.62. The number of halogens is 2. The van der Waals surface area contributed by atoms with Crippen molar-refractivity contribution in [3.05, 3.63) is 74.3 Å². The van der Waals surface area contributed by atoms with Gasteiger partial charge >= 0.3 is 0 Å². The van der Waals surface area contributed by atoms with Crippen LogP contribution in [0.3, 0.4) is 0 Å². The predicted octanol–water partition coefficient (Wildman–Crippen LogP) is 4.31. The fourth-order valence-corrected chi connectivity index (χ4v) is 2.95. The zero-order chi connectivity index (χ0) is 15.7. The fraction of sp³-hybridized carbons (Fsp3) is 0.176. The molecular weight excluding hydrogens is 319 g/mol. The Morgan fingerprint density at radius 3 is 2.50 bits per heavy atom. The first-order valence-corrected chi connectivity index (χ1v) is 7.78. The van der Waals surface area contributed by atoms with E-state index in [-0.39, 0.29) is 5.56 Å². The molecule has 0 bridgehead atoms. The van der Waals surface area contributed by atoms with Crippen LogP contribution in [0, 0.1) is 0 Å². The molecule has 0 aliphatic rings. The van der Waals surface area contributed by atoms with Crippen LogP contribution in [0.2, 0.25) is 10.0 Å². The number of fused-ring (bicyclic) bond motifs is 1. The molecule has 1 heterocycles. The van der Waals surface area contributed by atoms with Gasteiger partial charge in [-0.25, -0.2) is 4.98 Å². The van der Waals surface area contributed by atoms with Crippen molar-refractivity contribution in [3.8, 4) is 0 Å². The van der Waals surface area contributed by atoms with Gasteiger partial charge in [-0.1, -0.05) is 54.4 Å². The molecular formula is C17H14Cl2N2O. The molecule has 0 radical (unpaired) electrons. The van der Waals surface area contributed by atoms with Crippen molar-refractivity contribution in [2.75, 3.05) is 0 Å². The summed E-state index contributed by atoms with van der Waals surface area (Å²) in [6, 6.07) is 12.8. The van der Waals surface area contributed by atoms with Gasteiger partial charge in [0.1, 0.15) is 5.82 Å². The largest absolute Gasteiger partial charge is 0.292 e. The average molecular weight is 333 g/mol. The smallest absolute Gasteiger partial charge is 0.263 e. The van der Waals surface area contributed by atoms with Crippen molar-refractivity contribution in [3.63, 3.8) is 0 Å². The maximum absolute atomic E-state index is 12.8. The lowest BCUT2D eigenvalue weighted by Gasteiger charge is -2.13. The van der Waals surface area contributed by atoms with E-state index in [9.17, 15) is 4.79 Å². The Kier molecular flexibility index (Phi) is 4.19. The van der Waals surface area contributed by atoms with E-state index in [0.29, 0.717) is 33.9 Å². The third-order valence-electron chi connectivity index (χ3n) is 3.61. The summed E-state index contributed by atoms with van der Waals surface area (Å²) in [4.78, 5) is 17.4. The molecule has 0 fully saturated rings. The molecule has 3 aromatic rings. The molecule has 3 nitrogen and oxygen atoms in total. The highest BCUT2D eigenvalue weighted by Crippen LogP contribution is 2.21. The van der Waals surface area contributed by atoms with E-state index in [1.165, 1.54) is 0 Å². The van der Waals surface area contributed by atoms with Crippen LogP contribution in [0.25, 0.3) is 10.9 Å². The molecule has 0 aliphatic carbocycles. The van der Waals surface area contributed by atoms with E-state index >= 15 is 0 Å². The lowest BCUT2D eigenvalue weighted by atomic mass is 10.2. The quantitative estimate of drug-likeness (QED) is 0.716. The lowest BCUT2D eigenvalue weighted by Crippen LogP contribution is -2.26. The minimum atomic E-state index is -0.132. The Morgan fingerprint density at radius 1 is 1.05 bits per heavy atom. The van der Waals surface area contributed by atoms with Crippen molar-refractivity contribution < 1.29 is 0 Å². The highest BCUT2D eigenvalue weighted by molar-refractivity contribution is 6.35. The van der Waals surface area contributed by atoms with Gasteiger partial charge in [0, 0.05) is 11.4 Å². The molecule has 1 aromatic heterocycles. The van der Waals surface area contributed by atoms with Gasteiger partial charge in [0.05, 0.1) is 22.5 Å². The number of rotatable bonds is 3. The third-order valence-corrected chi connectivity index (χ3v) is 4.30. The maximum atomic E-state index is 12.8. The molecule has 0 atom stereocenters. The summed E-state index contributed by atoms with van der Waals surface area (Å²) >= 11 is 12.4. The normalized spacial score (nSPS) is 11.0. The molecule has 0 aliphatic heterocycles. The first-order valence-electron chi connectivity index (χ1n) is 7.03. The number of aromatic nitrogens is 2.